The van der Waals surface area contributed by atoms with E-state index in [1.54, 1.807) is 19.3 Å². The molecule has 0 saturated heterocycles. The van der Waals surface area contributed by atoms with Gasteiger partial charge in [-0.1, -0.05) is 36.9 Å². The first kappa shape index (κ1) is 14.4. The summed E-state index contributed by atoms with van der Waals surface area (Å²) in [4.78, 5) is 4.12. The van der Waals surface area contributed by atoms with Gasteiger partial charge >= 0.3 is 6.19 Å². The van der Waals surface area contributed by atoms with Crippen molar-refractivity contribution in [1.29, 1.82) is 5.26 Å². The van der Waals surface area contributed by atoms with Crippen molar-refractivity contribution in [2.24, 2.45) is 0 Å². The van der Waals surface area contributed by atoms with Crippen LogP contribution in [0.2, 0.25) is 5.15 Å². The molecule has 0 aromatic carbocycles. The van der Waals surface area contributed by atoms with E-state index in [2.05, 4.69) is 4.98 Å². The third kappa shape index (κ3) is 2.81. The van der Waals surface area contributed by atoms with Gasteiger partial charge < -0.3 is 4.55 Å². The Morgan fingerprint density at radius 1 is 1.42 bits per heavy atom. The standard InChI is InChI=1S/C13H16ClN3OS/c1-17(10-15)19(18)13(7-3-2-4-8-13)11-5-6-12(14)16-9-11/h5-6,9H,2-4,7-8H2,1H3/p+1. The van der Waals surface area contributed by atoms with Crippen molar-refractivity contribution in [3.63, 3.8) is 0 Å². The molecule has 102 valence electrons. The van der Waals surface area contributed by atoms with E-state index in [4.69, 9.17) is 16.9 Å². The fourth-order valence-corrected chi connectivity index (χ4v) is 4.34. The van der Waals surface area contributed by atoms with Crippen molar-refractivity contribution in [3.05, 3.63) is 29.0 Å². The van der Waals surface area contributed by atoms with Crippen LogP contribution in [-0.2, 0) is 15.7 Å². The van der Waals surface area contributed by atoms with Crippen molar-refractivity contribution in [2.75, 3.05) is 7.05 Å². The molecule has 0 radical (unpaired) electrons. The maximum Gasteiger partial charge on any atom is 0.467 e. The van der Waals surface area contributed by atoms with E-state index in [1.807, 2.05) is 12.3 Å². The van der Waals surface area contributed by atoms with Crippen LogP contribution in [0.4, 0.5) is 0 Å². The van der Waals surface area contributed by atoms with E-state index < -0.39 is 11.0 Å². The summed E-state index contributed by atoms with van der Waals surface area (Å²) in [5, 5.41) is 9.47. The minimum absolute atomic E-state index is 0.389. The lowest BCUT2D eigenvalue weighted by Gasteiger charge is -2.35. The van der Waals surface area contributed by atoms with Crippen LogP contribution in [0.1, 0.15) is 37.7 Å². The van der Waals surface area contributed by atoms with E-state index in [0.717, 1.165) is 31.2 Å². The molecule has 1 aromatic heterocycles. The zero-order chi connectivity index (χ0) is 13.9. The molecule has 1 atom stereocenters. The lowest BCUT2D eigenvalue weighted by Crippen LogP contribution is -2.36. The summed E-state index contributed by atoms with van der Waals surface area (Å²) in [6.45, 7) is 0. The quantitative estimate of drug-likeness (QED) is 0.394. The summed E-state index contributed by atoms with van der Waals surface area (Å²) < 4.78 is 11.5. The number of pyridine rings is 1. The number of aromatic nitrogens is 1. The maximum atomic E-state index is 10.6. The third-order valence-corrected chi connectivity index (χ3v) is 5.83. The van der Waals surface area contributed by atoms with Gasteiger partial charge in [-0.3, -0.25) is 0 Å². The molecule has 1 fully saturated rings. The van der Waals surface area contributed by atoms with Gasteiger partial charge in [0.15, 0.2) is 5.26 Å². The number of hydrogen-bond acceptors (Lipinski definition) is 2. The molecule has 19 heavy (non-hydrogen) atoms. The van der Waals surface area contributed by atoms with Crippen LogP contribution in [0.15, 0.2) is 18.3 Å². The summed E-state index contributed by atoms with van der Waals surface area (Å²) in [5.41, 5.74) is 0.976. The molecular formula is C13H17ClN3OS+. The summed E-state index contributed by atoms with van der Waals surface area (Å²) in [6.07, 6.45) is 8.80. The van der Waals surface area contributed by atoms with E-state index >= 15 is 0 Å². The van der Waals surface area contributed by atoms with Crippen molar-refractivity contribution in [2.45, 2.75) is 36.9 Å². The molecule has 1 N–H and O–H groups in total. The second kappa shape index (κ2) is 6.00. The second-order valence-electron chi connectivity index (χ2n) is 4.79. The summed E-state index contributed by atoms with van der Waals surface area (Å²) >= 11 is 5.83. The Hall–Kier alpha value is -0.960. The number of nitrogens with zero attached hydrogens (tertiary/aromatic N) is 3. The first-order valence-corrected chi connectivity index (χ1v) is 7.81. The third-order valence-electron chi connectivity index (χ3n) is 3.66. The molecule has 2 rings (SSSR count). The summed E-state index contributed by atoms with van der Waals surface area (Å²) in [5.74, 6) is 0. The average molecular weight is 299 g/mol. The molecule has 1 unspecified atom stereocenters. The van der Waals surface area contributed by atoms with Crippen molar-refractivity contribution in [1.82, 2.24) is 4.98 Å². The average Bonchev–Trinajstić information content (AvgIpc) is 2.47. The molecule has 6 heteroatoms. The summed E-state index contributed by atoms with van der Waals surface area (Å²) in [6, 6.07) is 3.67. The first-order valence-electron chi connectivity index (χ1n) is 6.29. The topological polar surface area (TPSA) is 59.9 Å². The monoisotopic (exact) mass is 298 g/mol. The molecule has 0 bridgehead atoms. The zero-order valence-corrected chi connectivity index (χ0v) is 12.4. The van der Waals surface area contributed by atoms with Crippen molar-refractivity contribution >= 4 is 22.6 Å². The van der Waals surface area contributed by atoms with Crippen molar-refractivity contribution in [3.8, 4) is 6.19 Å². The highest BCUT2D eigenvalue weighted by Crippen LogP contribution is 2.42. The Bertz CT molecular complexity index is 530. The van der Waals surface area contributed by atoms with E-state index in [-0.39, 0.29) is 4.75 Å². The molecule has 1 aliphatic rings. The molecule has 4 nitrogen and oxygen atoms in total. The molecule has 1 aliphatic carbocycles. The molecule has 0 spiro atoms. The summed E-state index contributed by atoms with van der Waals surface area (Å²) in [7, 11) is 0.499. The van der Waals surface area contributed by atoms with Crippen LogP contribution in [0.25, 0.3) is 0 Å². The number of halogens is 1. The van der Waals surface area contributed by atoms with Gasteiger partial charge in [-0.2, -0.15) is 0 Å². The smallest absolute Gasteiger partial charge is 0.305 e. The van der Waals surface area contributed by atoms with Gasteiger partial charge in [0.25, 0.3) is 0 Å². The molecule has 1 saturated carbocycles. The van der Waals surface area contributed by atoms with E-state index in [0.29, 0.717) is 5.15 Å². The lowest BCUT2D eigenvalue weighted by atomic mass is 9.84. The highest BCUT2D eigenvalue weighted by Gasteiger charge is 2.41. The highest BCUT2D eigenvalue weighted by molar-refractivity contribution is 7.80. The van der Waals surface area contributed by atoms with Crippen LogP contribution < -0.4 is 0 Å². The zero-order valence-electron chi connectivity index (χ0n) is 10.8. The first-order chi connectivity index (χ1) is 9.10. The van der Waals surface area contributed by atoms with Crippen molar-refractivity contribution < 1.29 is 8.50 Å². The minimum Gasteiger partial charge on any atom is -0.305 e. The Morgan fingerprint density at radius 3 is 2.63 bits per heavy atom. The van der Waals surface area contributed by atoms with Gasteiger partial charge in [0.2, 0.25) is 0 Å². The second-order valence-corrected chi connectivity index (χ2v) is 7.03. The predicted octanol–water partition coefficient (Wildman–Crippen LogP) is 3.29. The highest BCUT2D eigenvalue weighted by atomic mass is 35.5. The van der Waals surface area contributed by atoms with Crippen LogP contribution in [-0.4, -0.2) is 20.5 Å². The van der Waals surface area contributed by atoms with E-state index in [1.165, 1.54) is 10.4 Å². The molecule has 1 aromatic rings. The van der Waals surface area contributed by atoms with Crippen LogP contribution >= 0.6 is 11.6 Å². The number of hydrogen-bond donors (Lipinski definition) is 1. The minimum atomic E-state index is -1.13. The Kier molecular flexibility index (Phi) is 4.56. The molecule has 0 amide bonds. The van der Waals surface area contributed by atoms with Gasteiger partial charge in [0.05, 0.1) is 11.8 Å². The normalized spacial score (nSPS) is 20.4. The predicted molar refractivity (Wildman–Crippen MR) is 75.8 cm³/mol. The van der Waals surface area contributed by atoms with Gasteiger partial charge in [-0.15, -0.1) is 3.95 Å². The number of rotatable bonds is 2. The van der Waals surface area contributed by atoms with Gasteiger partial charge in [0.1, 0.15) is 16.1 Å². The van der Waals surface area contributed by atoms with Gasteiger partial charge in [-0.25, -0.2) is 4.98 Å². The fraction of sp³-hybridized carbons (Fsp3) is 0.538. The molecular weight excluding hydrogens is 282 g/mol. The van der Waals surface area contributed by atoms with Gasteiger partial charge in [0, 0.05) is 6.20 Å². The van der Waals surface area contributed by atoms with E-state index in [9.17, 15) is 4.55 Å². The van der Waals surface area contributed by atoms with Crippen LogP contribution in [0.3, 0.4) is 0 Å². The fourth-order valence-electron chi connectivity index (χ4n) is 2.65. The largest absolute Gasteiger partial charge is 0.467 e. The Labute approximate surface area is 121 Å². The van der Waals surface area contributed by atoms with Crippen LogP contribution in [0, 0.1) is 11.5 Å². The molecule has 1 heterocycles. The molecule has 0 aliphatic heterocycles. The Morgan fingerprint density at radius 2 is 2.11 bits per heavy atom. The Balaban J connectivity index is 2.52. The maximum absolute atomic E-state index is 10.6. The van der Waals surface area contributed by atoms with Gasteiger partial charge in [-0.05, 0) is 24.5 Å². The SMILES string of the molecule is C[N+](C#N)=S(O)C1(c2ccc(Cl)nc2)CCCCC1. The number of nitriles is 1. The van der Waals surface area contributed by atoms with Crippen LogP contribution in [0.5, 0.6) is 0 Å². The lowest BCUT2D eigenvalue weighted by molar-refractivity contribution is -0.380.